The molecule has 2 amide bonds. The Morgan fingerprint density at radius 1 is 0.976 bits per heavy atom. The van der Waals surface area contributed by atoms with Gasteiger partial charge in [0.1, 0.15) is 23.2 Å². The van der Waals surface area contributed by atoms with Crippen LogP contribution in [0.1, 0.15) is 46.5 Å². The molecule has 0 bridgehead atoms. The second-order valence-electron chi connectivity index (χ2n) is 12.3. The molecule has 2 fully saturated rings. The van der Waals surface area contributed by atoms with Gasteiger partial charge in [0.05, 0.1) is 25.2 Å². The molecular weight excluding hydrogens is 532 g/mol. The number of aliphatic hydroxyl groups excluding tert-OH is 1. The highest BCUT2D eigenvalue weighted by Crippen LogP contribution is 2.59. The van der Waals surface area contributed by atoms with Crippen molar-refractivity contribution in [3.05, 3.63) is 66.8 Å². The number of carbonyl (C=O) groups excluding carboxylic acids is 3. The number of allylic oxidation sites excluding steroid dienone is 1. The van der Waals surface area contributed by atoms with Crippen molar-refractivity contribution in [2.75, 3.05) is 24.7 Å². The van der Waals surface area contributed by atoms with E-state index >= 15 is 0 Å². The second-order valence-corrected chi connectivity index (χ2v) is 12.3. The number of anilines is 1. The average molecular weight is 573 g/mol. The van der Waals surface area contributed by atoms with Gasteiger partial charge in [-0.25, -0.2) is 0 Å². The van der Waals surface area contributed by atoms with E-state index in [1.54, 1.807) is 4.90 Å². The zero-order valence-electron chi connectivity index (χ0n) is 24.6. The molecule has 4 heterocycles. The minimum Gasteiger partial charge on any atom is -0.465 e. The maximum atomic E-state index is 14.8. The van der Waals surface area contributed by atoms with Crippen LogP contribution in [0.4, 0.5) is 5.69 Å². The van der Waals surface area contributed by atoms with Crippen molar-refractivity contribution in [1.82, 2.24) is 4.90 Å². The third kappa shape index (κ3) is 4.30. The highest BCUT2D eigenvalue weighted by molar-refractivity contribution is 6.06. The largest absolute Gasteiger partial charge is 0.465 e. The number of benzene rings is 2. The molecule has 0 aromatic heterocycles. The molecule has 6 atom stereocenters. The smallest absolute Gasteiger partial charge is 0.313 e. The van der Waals surface area contributed by atoms with E-state index in [2.05, 4.69) is 0 Å². The molecule has 0 saturated carbocycles. The normalized spacial score (nSPS) is 32.8. The van der Waals surface area contributed by atoms with Gasteiger partial charge in [-0.2, -0.15) is 0 Å². The summed E-state index contributed by atoms with van der Waals surface area (Å²) in [5, 5.41) is 12.6. The third-order valence-electron chi connectivity index (χ3n) is 9.68. The molecule has 2 saturated heterocycles. The Labute approximate surface area is 246 Å². The third-order valence-corrected chi connectivity index (χ3v) is 9.68. The number of ether oxygens (including phenoxy) is 2. The van der Waals surface area contributed by atoms with Gasteiger partial charge < -0.3 is 24.4 Å². The highest BCUT2D eigenvalue weighted by Gasteiger charge is 2.76. The lowest BCUT2D eigenvalue weighted by atomic mass is 9.73. The molecule has 2 aromatic rings. The highest BCUT2D eigenvalue weighted by atomic mass is 16.6. The standard InChI is InChI=1S/C34H40N2O6/c1-4-33-16-9-5-6-10-19-41-32(40)28(33)27-30(38)36(26(21-37)22(2)3)29-31(39)35(18-11-17-34(27,29)42-33)25-15-14-23-12-7-8-13-24(23)20-25/h7-9,11-17,20,22,26-29,37H,4-6,10,18-19,21H2,1-3H3/b16-9-/t26-,27-,28-,29?,33+,34-/m0/s1. The number of amides is 2. The van der Waals surface area contributed by atoms with Crippen LogP contribution in [0.5, 0.6) is 0 Å². The lowest BCUT2D eigenvalue weighted by Crippen LogP contribution is -2.60. The van der Waals surface area contributed by atoms with E-state index in [4.69, 9.17) is 9.47 Å². The number of esters is 1. The maximum absolute atomic E-state index is 14.8. The van der Waals surface area contributed by atoms with Crippen molar-refractivity contribution in [3.8, 4) is 0 Å². The van der Waals surface area contributed by atoms with Crippen LogP contribution in [0, 0.1) is 17.8 Å². The van der Waals surface area contributed by atoms with E-state index in [-0.39, 0.29) is 37.5 Å². The predicted octanol–water partition coefficient (Wildman–Crippen LogP) is 4.40. The second kappa shape index (κ2) is 11.0. The summed E-state index contributed by atoms with van der Waals surface area (Å²) in [6.07, 6.45) is 10.6. The van der Waals surface area contributed by atoms with Crippen molar-refractivity contribution in [1.29, 1.82) is 0 Å². The number of hydrogen-bond donors (Lipinski definition) is 1. The SMILES string of the molecule is CC[C@@]12/C=C\CCCCOC(=O)[C@@H]1[C@H]1C(=O)N([C@@H](CO)C(C)C)C3C(=O)N(c4ccc5ccccc5c4)CC=C[C@@]31O2. The Kier molecular flexibility index (Phi) is 7.48. The molecule has 8 heteroatoms. The molecular formula is C34H40N2O6. The van der Waals surface area contributed by atoms with Crippen LogP contribution in [0.25, 0.3) is 10.8 Å². The molecule has 42 heavy (non-hydrogen) atoms. The molecule has 4 aliphatic rings. The molecule has 6 rings (SSSR count). The molecule has 0 aliphatic carbocycles. The lowest BCUT2D eigenvalue weighted by molar-refractivity contribution is -0.162. The van der Waals surface area contributed by atoms with Crippen LogP contribution in [0.15, 0.2) is 66.8 Å². The van der Waals surface area contributed by atoms with E-state index in [1.807, 2.05) is 87.5 Å². The lowest BCUT2D eigenvalue weighted by Gasteiger charge is -2.41. The summed E-state index contributed by atoms with van der Waals surface area (Å²) in [6, 6.07) is 12.1. The van der Waals surface area contributed by atoms with Crippen molar-refractivity contribution >= 4 is 34.2 Å². The summed E-state index contributed by atoms with van der Waals surface area (Å²) in [6.45, 7) is 6.03. The summed E-state index contributed by atoms with van der Waals surface area (Å²) >= 11 is 0. The van der Waals surface area contributed by atoms with E-state index in [0.29, 0.717) is 12.1 Å². The average Bonchev–Trinajstić information content (AvgIpc) is 3.34. The van der Waals surface area contributed by atoms with Gasteiger partial charge in [0.25, 0.3) is 5.91 Å². The summed E-state index contributed by atoms with van der Waals surface area (Å²) in [5.41, 5.74) is -1.79. The Morgan fingerprint density at radius 3 is 2.50 bits per heavy atom. The summed E-state index contributed by atoms with van der Waals surface area (Å²) in [7, 11) is 0. The zero-order chi connectivity index (χ0) is 29.6. The zero-order valence-corrected chi connectivity index (χ0v) is 24.6. The fourth-order valence-electron chi connectivity index (χ4n) is 7.53. The molecule has 4 aliphatic heterocycles. The number of likely N-dealkylation sites (tertiary alicyclic amines) is 1. The fourth-order valence-corrected chi connectivity index (χ4v) is 7.53. The number of fused-ring (bicyclic) bond motifs is 3. The number of aliphatic hydroxyl groups is 1. The first kappa shape index (κ1) is 28.6. The van der Waals surface area contributed by atoms with Gasteiger partial charge >= 0.3 is 5.97 Å². The number of rotatable bonds is 5. The molecule has 222 valence electrons. The quantitative estimate of drug-likeness (QED) is 0.422. The van der Waals surface area contributed by atoms with Crippen LogP contribution in [0.3, 0.4) is 0 Å². The van der Waals surface area contributed by atoms with E-state index in [1.165, 1.54) is 4.90 Å². The topological polar surface area (TPSA) is 96.4 Å². The van der Waals surface area contributed by atoms with Gasteiger partial charge in [0, 0.05) is 12.2 Å². The Balaban J connectivity index is 1.52. The van der Waals surface area contributed by atoms with Crippen molar-refractivity contribution < 1.29 is 29.0 Å². The summed E-state index contributed by atoms with van der Waals surface area (Å²) in [4.78, 5) is 46.5. The van der Waals surface area contributed by atoms with Crippen LogP contribution >= 0.6 is 0 Å². The van der Waals surface area contributed by atoms with Gasteiger partial charge in [-0.1, -0.05) is 75.4 Å². The summed E-state index contributed by atoms with van der Waals surface area (Å²) < 4.78 is 12.8. The van der Waals surface area contributed by atoms with E-state index in [9.17, 15) is 19.5 Å². The molecule has 8 nitrogen and oxygen atoms in total. The molecule has 2 aromatic carbocycles. The maximum Gasteiger partial charge on any atom is 0.313 e. The monoisotopic (exact) mass is 572 g/mol. The number of hydrogen-bond acceptors (Lipinski definition) is 6. The number of nitrogens with zero attached hydrogens (tertiary/aromatic N) is 2. The van der Waals surface area contributed by atoms with Gasteiger partial charge in [-0.15, -0.1) is 0 Å². The van der Waals surface area contributed by atoms with Gasteiger partial charge in [0.15, 0.2) is 0 Å². The Hall–Kier alpha value is -3.49. The van der Waals surface area contributed by atoms with Crippen LogP contribution < -0.4 is 4.90 Å². The summed E-state index contributed by atoms with van der Waals surface area (Å²) in [5.74, 6) is -3.15. The van der Waals surface area contributed by atoms with Gasteiger partial charge in [-0.3, -0.25) is 14.4 Å². The Bertz CT molecular complexity index is 1450. The molecule has 1 unspecified atom stereocenters. The van der Waals surface area contributed by atoms with Crippen LogP contribution in [0.2, 0.25) is 0 Å². The van der Waals surface area contributed by atoms with Crippen molar-refractivity contribution in [3.63, 3.8) is 0 Å². The number of cyclic esters (lactones) is 1. The predicted molar refractivity (Wildman–Crippen MR) is 160 cm³/mol. The fraction of sp³-hybridized carbons (Fsp3) is 0.500. The van der Waals surface area contributed by atoms with E-state index < -0.39 is 41.1 Å². The molecule has 1 N–H and O–H groups in total. The Morgan fingerprint density at radius 2 is 1.76 bits per heavy atom. The van der Waals surface area contributed by atoms with Gasteiger partial charge in [0.2, 0.25) is 5.91 Å². The minimum absolute atomic E-state index is 0.143. The minimum atomic E-state index is -1.40. The van der Waals surface area contributed by atoms with Crippen molar-refractivity contribution in [2.24, 2.45) is 17.8 Å². The van der Waals surface area contributed by atoms with Crippen LogP contribution in [-0.4, -0.2) is 70.8 Å². The molecule has 1 spiro atoms. The van der Waals surface area contributed by atoms with Gasteiger partial charge in [-0.05, 0) is 54.5 Å². The van der Waals surface area contributed by atoms with E-state index in [0.717, 1.165) is 30.0 Å². The number of carbonyl (C=O) groups is 3. The van der Waals surface area contributed by atoms with Crippen molar-refractivity contribution in [2.45, 2.75) is 69.7 Å². The first-order valence-corrected chi connectivity index (χ1v) is 15.2. The van der Waals surface area contributed by atoms with Crippen LogP contribution in [-0.2, 0) is 23.9 Å². The first-order valence-electron chi connectivity index (χ1n) is 15.2. The first-order chi connectivity index (χ1) is 20.3. The molecule has 0 radical (unpaired) electrons.